The molecule has 11 heavy (non-hydrogen) atoms. The quantitative estimate of drug-likeness (QED) is 0.538. The first-order valence-electron chi connectivity index (χ1n) is 4.59. The third-order valence-electron chi connectivity index (χ3n) is 2.35. The molecule has 0 N–H and O–H groups in total. The fraction of sp³-hybridized carbons (Fsp3) is 0.818. The SMILES string of the molecule is CC(C)=C(C)C(C)CC(C)C. The van der Waals surface area contributed by atoms with Crippen LogP contribution in [0, 0.1) is 11.8 Å². The van der Waals surface area contributed by atoms with Gasteiger partial charge in [0.1, 0.15) is 0 Å². The molecular formula is C11H22. The Morgan fingerprint density at radius 3 is 1.73 bits per heavy atom. The van der Waals surface area contributed by atoms with E-state index in [4.69, 9.17) is 0 Å². The highest BCUT2D eigenvalue weighted by atomic mass is 14.1. The molecule has 0 aliphatic heterocycles. The van der Waals surface area contributed by atoms with Crippen LogP contribution < -0.4 is 0 Å². The van der Waals surface area contributed by atoms with Crippen molar-refractivity contribution in [2.24, 2.45) is 11.8 Å². The highest BCUT2D eigenvalue weighted by molar-refractivity contribution is 5.09. The van der Waals surface area contributed by atoms with Crippen LogP contribution in [0.2, 0.25) is 0 Å². The maximum Gasteiger partial charge on any atom is -0.0230 e. The summed E-state index contributed by atoms with van der Waals surface area (Å²) < 4.78 is 0. The van der Waals surface area contributed by atoms with Gasteiger partial charge in [-0.05, 0) is 39.0 Å². The van der Waals surface area contributed by atoms with Gasteiger partial charge < -0.3 is 0 Å². The van der Waals surface area contributed by atoms with Gasteiger partial charge in [-0.3, -0.25) is 0 Å². The van der Waals surface area contributed by atoms with Crippen molar-refractivity contribution in [1.29, 1.82) is 0 Å². The molecule has 1 atom stereocenters. The van der Waals surface area contributed by atoms with Gasteiger partial charge in [-0.15, -0.1) is 0 Å². The normalized spacial score (nSPS) is 13.4. The lowest BCUT2D eigenvalue weighted by atomic mass is 9.90. The summed E-state index contributed by atoms with van der Waals surface area (Å²) in [6, 6.07) is 0. The van der Waals surface area contributed by atoms with Crippen molar-refractivity contribution < 1.29 is 0 Å². The van der Waals surface area contributed by atoms with Gasteiger partial charge in [0.05, 0.1) is 0 Å². The van der Waals surface area contributed by atoms with Gasteiger partial charge in [0, 0.05) is 0 Å². The Kier molecular flexibility index (Phi) is 4.48. The molecule has 1 unspecified atom stereocenters. The zero-order valence-corrected chi connectivity index (χ0v) is 8.86. The molecule has 0 saturated carbocycles. The lowest BCUT2D eigenvalue weighted by Gasteiger charge is -2.16. The lowest BCUT2D eigenvalue weighted by Crippen LogP contribution is -2.02. The Hall–Kier alpha value is -0.260. The minimum absolute atomic E-state index is 0.764. The largest absolute Gasteiger partial charge is 0.0772 e. The van der Waals surface area contributed by atoms with E-state index in [1.54, 1.807) is 5.57 Å². The predicted molar refractivity (Wildman–Crippen MR) is 52.7 cm³/mol. The van der Waals surface area contributed by atoms with Gasteiger partial charge in [-0.1, -0.05) is 31.9 Å². The molecule has 0 saturated heterocycles. The summed E-state index contributed by atoms with van der Waals surface area (Å²) in [6.07, 6.45) is 1.32. The van der Waals surface area contributed by atoms with Crippen LogP contribution in [-0.2, 0) is 0 Å². The second kappa shape index (κ2) is 4.58. The fourth-order valence-electron chi connectivity index (χ4n) is 1.38. The van der Waals surface area contributed by atoms with E-state index in [1.165, 1.54) is 12.0 Å². The molecule has 0 aromatic heterocycles. The molecule has 0 amide bonds. The smallest absolute Gasteiger partial charge is 0.0230 e. The summed E-state index contributed by atoms with van der Waals surface area (Å²) in [5, 5.41) is 0. The maximum atomic E-state index is 2.32. The zero-order chi connectivity index (χ0) is 9.02. The minimum Gasteiger partial charge on any atom is -0.0772 e. The first-order chi connectivity index (χ1) is 4.95. The summed E-state index contributed by atoms with van der Waals surface area (Å²) in [7, 11) is 0. The summed E-state index contributed by atoms with van der Waals surface area (Å²) in [6.45, 7) is 13.5. The molecule has 0 aromatic carbocycles. The summed E-state index contributed by atoms with van der Waals surface area (Å²) in [5.41, 5.74) is 3.05. The van der Waals surface area contributed by atoms with Crippen LogP contribution in [0.1, 0.15) is 48.0 Å². The molecule has 0 nitrogen and oxygen atoms in total. The summed E-state index contributed by atoms with van der Waals surface area (Å²) >= 11 is 0. The van der Waals surface area contributed by atoms with Gasteiger partial charge in [0.25, 0.3) is 0 Å². The molecule has 0 aliphatic carbocycles. The van der Waals surface area contributed by atoms with E-state index in [-0.39, 0.29) is 0 Å². The van der Waals surface area contributed by atoms with Gasteiger partial charge >= 0.3 is 0 Å². The zero-order valence-electron chi connectivity index (χ0n) is 8.86. The van der Waals surface area contributed by atoms with Crippen LogP contribution in [0.5, 0.6) is 0 Å². The molecular weight excluding hydrogens is 132 g/mol. The average molecular weight is 154 g/mol. The number of hydrogen-bond acceptors (Lipinski definition) is 0. The van der Waals surface area contributed by atoms with Crippen LogP contribution in [0.4, 0.5) is 0 Å². The average Bonchev–Trinajstić information content (AvgIpc) is 1.84. The van der Waals surface area contributed by atoms with Crippen molar-refractivity contribution in [2.75, 3.05) is 0 Å². The van der Waals surface area contributed by atoms with Crippen molar-refractivity contribution in [2.45, 2.75) is 48.0 Å². The fourth-order valence-corrected chi connectivity index (χ4v) is 1.38. The molecule has 0 aromatic rings. The third-order valence-corrected chi connectivity index (χ3v) is 2.35. The van der Waals surface area contributed by atoms with Crippen LogP contribution in [0.25, 0.3) is 0 Å². The number of rotatable bonds is 3. The molecule has 0 heterocycles. The maximum absolute atomic E-state index is 2.32. The number of hydrogen-bond donors (Lipinski definition) is 0. The summed E-state index contributed by atoms with van der Waals surface area (Å²) in [5.74, 6) is 1.58. The van der Waals surface area contributed by atoms with E-state index in [1.807, 2.05) is 0 Å². The summed E-state index contributed by atoms with van der Waals surface area (Å²) in [4.78, 5) is 0. The topological polar surface area (TPSA) is 0 Å². The molecule has 0 spiro atoms. The van der Waals surface area contributed by atoms with E-state index >= 15 is 0 Å². The van der Waals surface area contributed by atoms with Crippen LogP contribution >= 0.6 is 0 Å². The van der Waals surface area contributed by atoms with E-state index < -0.39 is 0 Å². The van der Waals surface area contributed by atoms with Gasteiger partial charge in [0.15, 0.2) is 0 Å². The Balaban J connectivity index is 4.04. The Morgan fingerprint density at radius 1 is 1.00 bits per heavy atom. The monoisotopic (exact) mass is 154 g/mol. The first kappa shape index (κ1) is 10.7. The van der Waals surface area contributed by atoms with Crippen molar-refractivity contribution in [3.05, 3.63) is 11.1 Å². The molecule has 0 heteroatoms. The molecule has 0 fully saturated rings. The standard InChI is InChI=1S/C11H22/c1-8(2)7-10(5)11(6)9(3)4/h8,10H,7H2,1-6H3. The van der Waals surface area contributed by atoms with Crippen molar-refractivity contribution >= 4 is 0 Å². The second-order valence-electron chi connectivity index (χ2n) is 4.21. The highest BCUT2D eigenvalue weighted by Gasteiger charge is 2.07. The van der Waals surface area contributed by atoms with Crippen LogP contribution in [-0.4, -0.2) is 0 Å². The first-order valence-corrected chi connectivity index (χ1v) is 4.59. The second-order valence-corrected chi connectivity index (χ2v) is 4.21. The van der Waals surface area contributed by atoms with E-state index in [2.05, 4.69) is 41.5 Å². The Morgan fingerprint density at radius 2 is 1.45 bits per heavy atom. The van der Waals surface area contributed by atoms with Gasteiger partial charge in [-0.25, -0.2) is 0 Å². The van der Waals surface area contributed by atoms with E-state index in [9.17, 15) is 0 Å². The van der Waals surface area contributed by atoms with Crippen LogP contribution in [0.3, 0.4) is 0 Å². The Bertz CT molecular complexity index is 136. The predicted octanol–water partition coefficient (Wildman–Crippen LogP) is 4.02. The van der Waals surface area contributed by atoms with Crippen molar-refractivity contribution in [3.63, 3.8) is 0 Å². The molecule has 0 radical (unpaired) electrons. The molecule has 0 aliphatic rings. The highest BCUT2D eigenvalue weighted by Crippen LogP contribution is 2.21. The van der Waals surface area contributed by atoms with Gasteiger partial charge in [0.2, 0.25) is 0 Å². The third kappa shape index (κ3) is 4.23. The molecule has 0 bridgehead atoms. The van der Waals surface area contributed by atoms with E-state index in [0.29, 0.717) is 0 Å². The van der Waals surface area contributed by atoms with Gasteiger partial charge in [-0.2, -0.15) is 0 Å². The number of allylic oxidation sites excluding steroid dienone is 2. The van der Waals surface area contributed by atoms with E-state index in [0.717, 1.165) is 11.8 Å². The molecule has 0 rings (SSSR count). The minimum atomic E-state index is 0.764. The van der Waals surface area contributed by atoms with Crippen molar-refractivity contribution in [3.8, 4) is 0 Å². The lowest BCUT2D eigenvalue weighted by molar-refractivity contribution is 0.483. The van der Waals surface area contributed by atoms with Crippen LogP contribution in [0.15, 0.2) is 11.1 Å². The Labute approximate surface area is 71.7 Å². The van der Waals surface area contributed by atoms with Crippen molar-refractivity contribution in [1.82, 2.24) is 0 Å². The molecule has 66 valence electrons.